The molecule has 7 heteroatoms. The first-order valence-corrected chi connectivity index (χ1v) is 8.02. The second kappa shape index (κ2) is 6.25. The fourth-order valence-electron chi connectivity index (χ4n) is 1.74. The summed E-state index contributed by atoms with van der Waals surface area (Å²) in [6.07, 6.45) is 1.06. The molecule has 1 atom stereocenters. The quantitative estimate of drug-likeness (QED) is 0.899. The number of carbonyl (C=O) groups excluding carboxylic acids is 1. The van der Waals surface area contributed by atoms with Gasteiger partial charge in [-0.3, -0.25) is 9.10 Å². The van der Waals surface area contributed by atoms with Crippen molar-refractivity contribution in [2.45, 2.75) is 19.9 Å². The van der Waals surface area contributed by atoms with Gasteiger partial charge < -0.3 is 5.32 Å². The van der Waals surface area contributed by atoms with Crippen molar-refractivity contribution in [2.24, 2.45) is 0 Å². The van der Waals surface area contributed by atoms with E-state index in [9.17, 15) is 13.2 Å². The van der Waals surface area contributed by atoms with Crippen LogP contribution in [-0.4, -0.2) is 33.2 Å². The highest BCUT2D eigenvalue weighted by molar-refractivity contribution is 7.92. The molecule has 0 unspecified atom stereocenters. The fourth-order valence-corrected chi connectivity index (χ4v) is 3.10. The van der Waals surface area contributed by atoms with Crippen molar-refractivity contribution in [3.63, 3.8) is 0 Å². The molecule has 0 heterocycles. The summed E-state index contributed by atoms with van der Waals surface area (Å²) >= 11 is 5.86. The largest absolute Gasteiger partial charge is 0.355 e. The Bertz CT molecular complexity index is 560. The summed E-state index contributed by atoms with van der Waals surface area (Å²) in [5, 5.41) is 3.02. The average molecular weight is 305 g/mol. The summed E-state index contributed by atoms with van der Waals surface area (Å²) in [7, 11) is -3.58. The van der Waals surface area contributed by atoms with Crippen LogP contribution in [0.1, 0.15) is 13.8 Å². The highest BCUT2D eigenvalue weighted by Crippen LogP contribution is 2.24. The van der Waals surface area contributed by atoms with Gasteiger partial charge >= 0.3 is 0 Å². The van der Waals surface area contributed by atoms with Crippen LogP contribution < -0.4 is 9.62 Å². The molecule has 1 rings (SSSR count). The van der Waals surface area contributed by atoms with Crippen LogP contribution in [0.5, 0.6) is 0 Å². The van der Waals surface area contributed by atoms with Gasteiger partial charge in [0.25, 0.3) is 0 Å². The predicted octanol–water partition coefficient (Wildman–Crippen LogP) is 1.63. The van der Waals surface area contributed by atoms with Crippen molar-refractivity contribution >= 4 is 33.2 Å². The minimum Gasteiger partial charge on any atom is -0.355 e. The number of carbonyl (C=O) groups is 1. The lowest BCUT2D eigenvalue weighted by atomic mass is 10.2. The van der Waals surface area contributed by atoms with Crippen LogP contribution in [0, 0.1) is 0 Å². The number of amides is 1. The molecule has 106 valence electrons. The van der Waals surface area contributed by atoms with E-state index in [0.717, 1.165) is 10.6 Å². The Hall–Kier alpha value is -1.27. The molecule has 0 aliphatic carbocycles. The molecule has 5 nitrogen and oxygen atoms in total. The topological polar surface area (TPSA) is 66.5 Å². The van der Waals surface area contributed by atoms with Gasteiger partial charge in [0.2, 0.25) is 15.9 Å². The number of halogens is 1. The summed E-state index contributed by atoms with van der Waals surface area (Å²) < 4.78 is 24.9. The lowest BCUT2D eigenvalue weighted by molar-refractivity contribution is -0.121. The summed E-state index contributed by atoms with van der Waals surface area (Å²) in [4.78, 5) is 11.8. The summed E-state index contributed by atoms with van der Waals surface area (Å²) in [5.74, 6) is -0.354. The Kier molecular flexibility index (Phi) is 5.20. The number of nitrogens with zero attached hydrogens (tertiary/aromatic N) is 1. The van der Waals surface area contributed by atoms with Gasteiger partial charge in [-0.2, -0.15) is 0 Å². The van der Waals surface area contributed by atoms with E-state index in [1.807, 2.05) is 0 Å². The molecular formula is C12H17ClN2O3S. The van der Waals surface area contributed by atoms with Crippen LogP contribution in [0.2, 0.25) is 5.02 Å². The third kappa shape index (κ3) is 4.11. The molecule has 1 aromatic carbocycles. The van der Waals surface area contributed by atoms with Crippen molar-refractivity contribution in [3.05, 3.63) is 29.3 Å². The molecule has 19 heavy (non-hydrogen) atoms. The second-order valence-electron chi connectivity index (χ2n) is 4.11. The summed E-state index contributed by atoms with van der Waals surface area (Å²) in [6.45, 7) is 3.75. The Morgan fingerprint density at radius 1 is 1.47 bits per heavy atom. The molecule has 0 saturated carbocycles. The van der Waals surface area contributed by atoms with Crippen LogP contribution in [0.3, 0.4) is 0 Å². The zero-order valence-electron chi connectivity index (χ0n) is 11.1. The maximum atomic E-state index is 11.9. The highest BCUT2D eigenvalue weighted by Gasteiger charge is 2.28. The van der Waals surface area contributed by atoms with E-state index in [0.29, 0.717) is 17.3 Å². The van der Waals surface area contributed by atoms with Gasteiger partial charge in [0, 0.05) is 11.6 Å². The average Bonchev–Trinajstić information content (AvgIpc) is 2.27. The number of sulfonamides is 1. The molecule has 0 saturated heterocycles. The van der Waals surface area contributed by atoms with Gasteiger partial charge in [-0.15, -0.1) is 0 Å². The SMILES string of the molecule is CCNC(=O)[C@H](C)N(c1cccc(Cl)c1)S(C)(=O)=O. The smallest absolute Gasteiger partial charge is 0.243 e. The Morgan fingerprint density at radius 2 is 2.11 bits per heavy atom. The van der Waals surface area contributed by atoms with Gasteiger partial charge in [-0.25, -0.2) is 8.42 Å². The summed E-state index contributed by atoms with van der Waals surface area (Å²) in [6, 6.07) is 5.55. The number of hydrogen-bond acceptors (Lipinski definition) is 3. The van der Waals surface area contributed by atoms with E-state index in [4.69, 9.17) is 11.6 Å². The Balaban J connectivity index is 3.20. The van der Waals surface area contributed by atoms with Gasteiger partial charge in [-0.05, 0) is 32.0 Å². The zero-order chi connectivity index (χ0) is 14.6. The Labute approximate surface area is 118 Å². The number of hydrogen-bond donors (Lipinski definition) is 1. The van der Waals surface area contributed by atoms with E-state index >= 15 is 0 Å². The van der Waals surface area contributed by atoms with Crippen molar-refractivity contribution in [1.29, 1.82) is 0 Å². The van der Waals surface area contributed by atoms with E-state index in [-0.39, 0.29) is 5.91 Å². The lowest BCUT2D eigenvalue weighted by Crippen LogP contribution is -2.47. The molecule has 0 fully saturated rings. The van der Waals surface area contributed by atoms with Crippen molar-refractivity contribution in [3.8, 4) is 0 Å². The first-order valence-electron chi connectivity index (χ1n) is 5.80. The number of anilines is 1. The monoisotopic (exact) mass is 304 g/mol. The van der Waals surface area contributed by atoms with Crippen LogP contribution in [-0.2, 0) is 14.8 Å². The molecular weight excluding hydrogens is 288 g/mol. The van der Waals surface area contributed by atoms with Gasteiger partial charge in [0.1, 0.15) is 6.04 Å². The molecule has 1 aromatic rings. The zero-order valence-corrected chi connectivity index (χ0v) is 12.6. The number of likely N-dealkylation sites (N-methyl/N-ethyl adjacent to an activating group) is 1. The first-order chi connectivity index (χ1) is 8.77. The van der Waals surface area contributed by atoms with Crippen LogP contribution in [0.15, 0.2) is 24.3 Å². The molecule has 0 radical (unpaired) electrons. The lowest BCUT2D eigenvalue weighted by Gasteiger charge is -2.28. The molecule has 0 aliphatic rings. The third-order valence-corrected chi connectivity index (χ3v) is 3.98. The molecule has 0 aromatic heterocycles. The number of benzene rings is 1. The van der Waals surface area contributed by atoms with E-state index in [1.165, 1.54) is 13.0 Å². The van der Waals surface area contributed by atoms with Gasteiger partial charge in [-0.1, -0.05) is 17.7 Å². The van der Waals surface area contributed by atoms with E-state index < -0.39 is 16.1 Å². The first kappa shape index (κ1) is 15.8. The molecule has 1 N–H and O–H groups in total. The van der Waals surface area contributed by atoms with E-state index in [1.54, 1.807) is 25.1 Å². The number of nitrogens with one attached hydrogen (secondary N) is 1. The minimum atomic E-state index is -3.58. The van der Waals surface area contributed by atoms with Gasteiger partial charge in [0.15, 0.2) is 0 Å². The highest BCUT2D eigenvalue weighted by atomic mass is 35.5. The van der Waals surface area contributed by atoms with Gasteiger partial charge in [0.05, 0.1) is 11.9 Å². The molecule has 0 spiro atoms. The van der Waals surface area contributed by atoms with Crippen LogP contribution >= 0.6 is 11.6 Å². The fraction of sp³-hybridized carbons (Fsp3) is 0.417. The molecule has 0 bridgehead atoms. The number of rotatable bonds is 5. The second-order valence-corrected chi connectivity index (χ2v) is 6.41. The minimum absolute atomic E-state index is 0.354. The van der Waals surface area contributed by atoms with Crippen molar-refractivity contribution < 1.29 is 13.2 Å². The Morgan fingerprint density at radius 3 is 2.58 bits per heavy atom. The normalized spacial score (nSPS) is 12.8. The summed E-state index contributed by atoms with van der Waals surface area (Å²) in [5.41, 5.74) is 0.369. The van der Waals surface area contributed by atoms with Crippen molar-refractivity contribution in [1.82, 2.24) is 5.32 Å². The maximum Gasteiger partial charge on any atom is 0.243 e. The van der Waals surface area contributed by atoms with Crippen LogP contribution in [0.4, 0.5) is 5.69 Å². The van der Waals surface area contributed by atoms with E-state index in [2.05, 4.69) is 5.32 Å². The molecule has 0 aliphatic heterocycles. The third-order valence-electron chi connectivity index (χ3n) is 2.50. The predicted molar refractivity (Wildman–Crippen MR) is 76.9 cm³/mol. The van der Waals surface area contributed by atoms with Crippen LogP contribution in [0.25, 0.3) is 0 Å². The van der Waals surface area contributed by atoms with Crippen molar-refractivity contribution in [2.75, 3.05) is 17.1 Å². The molecule has 1 amide bonds. The standard InChI is InChI=1S/C12H17ClN2O3S/c1-4-14-12(16)9(2)15(19(3,17)18)11-7-5-6-10(13)8-11/h5-9H,4H2,1-3H3,(H,14,16)/t9-/m0/s1. The maximum absolute atomic E-state index is 11.9.